The number of hydrogen-bond acceptors (Lipinski definition) is 1. The molecule has 0 heterocycles. The van der Waals surface area contributed by atoms with Gasteiger partial charge in [0.2, 0.25) is 0 Å². The van der Waals surface area contributed by atoms with E-state index in [1.54, 1.807) is 12.1 Å². The summed E-state index contributed by atoms with van der Waals surface area (Å²) < 4.78 is 13.5. The molecule has 1 nitrogen and oxygen atoms in total. The van der Waals surface area contributed by atoms with Crippen molar-refractivity contribution in [2.75, 3.05) is 0 Å². The summed E-state index contributed by atoms with van der Waals surface area (Å²) in [7, 11) is 0. The van der Waals surface area contributed by atoms with Crippen molar-refractivity contribution >= 4 is 17.9 Å². The van der Waals surface area contributed by atoms with Crippen LogP contribution >= 0.6 is 11.6 Å². The zero-order chi connectivity index (χ0) is 10.7. The van der Waals surface area contributed by atoms with Gasteiger partial charge in [0.05, 0.1) is 5.02 Å². The molecule has 1 aromatic rings. The van der Waals surface area contributed by atoms with E-state index in [2.05, 4.69) is 0 Å². The molecule has 0 aliphatic carbocycles. The minimum Gasteiger partial charge on any atom is -0.303 e. The maximum atomic E-state index is 13.5. The summed E-state index contributed by atoms with van der Waals surface area (Å²) in [5.74, 6) is -0.531. The fourth-order valence-corrected chi connectivity index (χ4v) is 1.66. The Morgan fingerprint density at radius 1 is 1.57 bits per heavy atom. The Bertz CT molecular complexity index is 349. The molecule has 0 fully saturated rings. The lowest BCUT2D eigenvalue weighted by atomic mass is 9.96. The van der Waals surface area contributed by atoms with E-state index in [1.165, 1.54) is 0 Å². The summed E-state index contributed by atoms with van der Waals surface area (Å²) in [6.45, 7) is 3.66. The molecule has 3 heteroatoms. The molecule has 1 rings (SSSR count). The fourth-order valence-electron chi connectivity index (χ4n) is 1.38. The van der Waals surface area contributed by atoms with E-state index in [4.69, 9.17) is 11.6 Å². The highest BCUT2D eigenvalue weighted by Crippen LogP contribution is 2.27. The van der Waals surface area contributed by atoms with Gasteiger partial charge in [0.25, 0.3) is 0 Å². The summed E-state index contributed by atoms with van der Waals surface area (Å²) in [5.41, 5.74) is 1.42. The van der Waals surface area contributed by atoms with Gasteiger partial charge in [-0.2, -0.15) is 0 Å². The van der Waals surface area contributed by atoms with Gasteiger partial charge in [-0.05, 0) is 30.0 Å². The highest BCUT2D eigenvalue weighted by atomic mass is 35.5. The number of carbonyl (C=O) groups is 1. The minimum atomic E-state index is -0.411. The van der Waals surface area contributed by atoms with Crippen LogP contribution < -0.4 is 0 Å². The first-order valence-electron chi connectivity index (χ1n) is 4.45. The average molecular weight is 215 g/mol. The number of aryl methyl sites for hydroxylation is 1. The number of rotatable bonds is 3. The topological polar surface area (TPSA) is 17.1 Å². The third-order valence-electron chi connectivity index (χ3n) is 2.18. The van der Waals surface area contributed by atoms with E-state index in [0.29, 0.717) is 12.0 Å². The van der Waals surface area contributed by atoms with Crippen LogP contribution in [-0.4, -0.2) is 6.29 Å². The van der Waals surface area contributed by atoms with Crippen LogP contribution in [0.4, 0.5) is 4.39 Å². The minimum absolute atomic E-state index is 0.120. The van der Waals surface area contributed by atoms with Gasteiger partial charge in [0.15, 0.2) is 0 Å². The van der Waals surface area contributed by atoms with Gasteiger partial charge >= 0.3 is 0 Å². The van der Waals surface area contributed by atoms with Crippen LogP contribution in [0, 0.1) is 12.7 Å². The summed E-state index contributed by atoms with van der Waals surface area (Å²) in [5, 5.41) is 0.123. The van der Waals surface area contributed by atoms with Crippen LogP contribution in [0.5, 0.6) is 0 Å². The quantitative estimate of drug-likeness (QED) is 0.704. The van der Waals surface area contributed by atoms with Crippen molar-refractivity contribution in [3.63, 3.8) is 0 Å². The summed E-state index contributed by atoms with van der Waals surface area (Å²) in [6, 6.07) is 3.31. The van der Waals surface area contributed by atoms with E-state index >= 15 is 0 Å². The van der Waals surface area contributed by atoms with Crippen molar-refractivity contribution in [2.45, 2.75) is 26.2 Å². The largest absolute Gasteiger partial charge is 0.303 e. The second-order valence-electron chi connectivity index (χ2n) is 3.45. The molecule has 76 valence electrons. The standard InChI is InChI=1S/C11H12ClFO/c1-7-5-9(8(2)3-4-14)11(13)10(12)6-7/h4-6,8H,3H2,1-2H3. The van der Waals surface area contributed by atoms with E-state index < -0.39 is 5.82 Å². The third-order valence-corrected chi connectivity index (χ3v) is 2.46. The molecule has 0 aliphatic rings. The molecule has 14 heavy (non-hydrogen) atoms. The smallest absolute Gasteiger partial charge is 0.145 e. The number of aldehydes is 1. The molecule has 1 atom stereocenters. The van der Waals surface area contributed by atoms with Crippen molar-refractivity contribution in [3.8, 4) is 0 Å². The number of halogens is 2. The fraction of sp³-hybridized carbons (Fsp3) is 0.364. The van der Waals surface area contributed by atoms with Gasteiger partial charge in [-0.15, -0.1) is 0 Å². The van der Waals surface area contributed by atoms with E-state index in [1.807, 2.05) is 13.8 Å². The molecule has 1 aromatic carbocycles. The maximum Gasteiger partial charge on any atom is 0.145 e. The molecule has 0 aromatic heterocycles. The number of benzene rings is 1. The van der Waals surface area contributed by atoms with E-state index in [0.717, 1.165) is 11.8 Å². The average Bonchev–Trinajstić information content (AvgIpc) is 2.11. The number of carbonyl (C=O) groups excluding carboxylic acids is 1. The highest BCUT2D eigenvalue weighted by Gasteiger charge is 2.13. The molecular weight excluding hydrogens is 203 g/mol. The monoisotopic (exact) mass is 214 g/mol. The molecule has 0 radical (unpaired) electrons. The Kier molecular flexibility index (Phi) is 3.64. The molecule has 0 spiro atoms. The normalized spacial score (nSPS) is 12.6. The first kappa shape index (κ1) is 11.2. The Morgan fingerprint density at radius 2 is 2.21 bits per heavy atom. The highest BCUT2D eigenvalue weighted by molar-refractivity contribution is 6.30. The van der Waals surface area contributed by atoms with E-state index in [9.17, 15) is 9.18 Å². The lowest BCUT2D eigenvalue weighted by molar-refractivity contribution is -0.108. The van der Waals surface area contributed by atoms with Gasteiger partial charge < -0.3 is 4.79 Å². The van der Waals surface area contributed by atoms with Crippen molar-refractivity contribution in [2.24, 2.45) is 0 Å². The van der Waals surface area contributed by atoms with Crippen LogP contribution in [0.3, 0.4) is 0 Å². The second-order valence-corrected chi connectivity index (χ2v) is 3.86. The first-order valence-corrected chi connectivity index (χ1v) is 4.83. The van der Waals surface area contributed by atoms with Crippen molar-refractivity contribution in [1.82, 2.24) is 0 Å². The van der Waals surface area contributed by atoms with Gasteiger partial charge in [-0.3, -0.25) is 0 Å². The van der Waals surface area contributed by atoms with Gasteiger partial charge in [-0.25, -0.2) is 4.39 Å². The molecule has 0 bridgehead atoms. The molecular formula is C11H12ClFO. The van der Waals surface area contributed by atoms with Crippen molar-refractivity contribution < 1.29 is 9.18 Å². The van der Waals surface area contributed by atoms with Crippen molar-refractivity contribution in [3.05, 3.63) is 34.1 Å². The molecule has 0 amide bonds. The molecule has 0 N–H and O–H groups in total. The Balaban J connectivity index is 3.12. The molecule has 0 saturated heterocycles. The number of hydrogen-bond donors (Lipinski definition) is 0. The third kappa shape index (κ3) is 2.32. The molecule has 0 aliphatic heterocycles. The summed E-state index contributed by atoms with van der Waals surface area (Å²) >= 11 is 5.70. The zero-order valence-corrected chi connectivity index (χ0v) is 8.94. The molecule has 1 unspecified atom stereocenters. The van der Waals surface area contributed by atoms with Gasteiger partial charge in [-0.1, -0.05) is 24.6 Å². The Labute approximate surface area is 87.9 Å². The van der Waals surface area contributed by atoms with E-state index in [-0.39, 0.29) is 10.9 Å². The predicted octanol–water partition coefficient (Wildman–Crippen LogP) is 3.48. The van der Waals surface area contributed by atoms with Crippen LogP contribution in [0.2, 0.25) is 5.02 Å². The zero-order valence-electron chi connectivity index (χ0n) is 8.18. The Morgan fingerprint density at radius 3 is 2.79 bits per heavy atom. The second kappa shape index (κ2) is 4.56. The van der Waals surface area contributed by atoms with Crippen molar-refractivity contribution in [1.29, 1.82) is 0 Å². The Hall–Kier alpha value is -0.890. The summed E-state index contributed by atoms with van der Waals surface area (Å²) in [4.78, 5) is 10.3. The molecule has 0 saturated carbocycles. The van der Waals surface area contributed by atoms with Crippen LogP contribution in [0.25, 0.3) is 0 Å². The lowest BCUT2D eigenvalue weighted by Crippen LogP contribution is -1.99. The summed E-state index contributed by atoms with van der Waals surface area (Å²) in [6.07, 6.45) is 1.11. The van der Waals surface area contributed by atoms with Crippen LogP contribution in [0.15, 0.2) is 12.1 Å². The van der Waals surface area contributed by atoms with Gasteiger partial charge in [0, 0.05) is 6.42 Å². The predicted molar refractivity (Wildman–Crippen MR) is 55.2 cm³/mol. The maximum absolute atomic E-state index is 13.5. The lowest BCUT2D eigenvalue weighted by Gasteiger charge is -2.11. The van der Waals surface area contributed by atoms with Crippen LogP contribution in [-0.2, 0) is 4.79 Å². The SMILES string of the molecule is Cc1cc(Cl)c(F)c(C(C)CC=O)c1. The van der Waals surface area contributed by atoms with Crippen LogP contribution in [0.1, 0.15) is 30.4 Å². The first-order chi connectivity index (χ1) is 6.56. The van der Waals surface area contributed by atoms with Gasteiger partial charge in [0.1, 0.15) is 12.1 Å².